The van der Waals surface area contributed by atoms with Gasteiger partial charge in [-0.15, -0.1) is 0 Å². The van der Waals surface area contributed by atoms with Crippen LogP contribution >= 0.6 is 11.6 Å². The van der Waals surface area contributed by atoms with Crippen molar-refractivity contribution in [2.45, 2.75) is 61.8 Å². The predicted octanol–water partition coefficient (Wildman–Crippen LogP) is 6.58. The first-order valence-corrected chi connectivity index (χ1v) is 11.1. The summed E-state index contributed by atoms with van der Waals surface area (Å²) in [5, 5.41) is 1.45. The van der Waals surface area contributed by atoms with E-state index in [1.165, 1.54) is 0 Å². The molecule has 0 saturated carbocycles. The number of hydrogen-bond donors (Lipinski definition) is 0. The molecular formula is C25H33ClO6. The van der Waals surface area contributed by atoms with Gasteiger partial charge in [-0.05, 0) is 58.2 Å². The van der Waals surface area contributed by atoms with Gasteiger partial charge >= 0.3 is 11.9 Å². The molecule has 0 aromatic heterocycles. The van der Waals surface area contributed by atoms with Crippen molar-refractivity contribution >= 4 is 34.3 Å². The summed E-state index contributed by atoms with van der Waals surface area (Å²) < 4.78 is 23.4. The minimum absolute atomic E-state index is 0.192. The van der Waals surface area contributed by atoms with Crippen molar-refractivity contribution in [3.63, 3.8) is 0 Å². The van der Waals surface area contributed by atoms with Gasteiger partial charge in [-0.2, -0.15) is 0 Å². The largest absolute Gasteiger partial charge is 0.487 e. The van der Waals surface area contributed by atoms with E-state index in [4.69, 9.17) is 30.5 Å². The summed E-state index contributed by atoms with van der Waals surface area (Å²) >= 11 is 6.27. The molecule has 0 aliphatic rings. The lowest BCUT2D eigenvalue weighted by Gasteiger charge is -2.24. The van der Waals surface area contributed by atoms with E-state index in [2.05, 4.69) is 0 Å². The summed E-state index contributed by atoms with van der Waals surface area (Å²) in [6, 6.07) is 5.04. The molecule has 0 heterocycles. The van der Waals surface area contributed by atoms with Gasteiger partial charge in [0, 0.05) is 15.8 Å². The third kappa shape index (κ3) is 6.28. The molecule has 0 aliphatic carbocycles. The third-order valence-corrected chi connectivity index (χ3v) is 4.60. The lowest BCUT2D eigenvalue weighted by molar-refractivity contribution is -0.143. The Morgan fingerprint density at radius 2 is 1.34 bits per heavy atom. The number of esters is 2. The van der Waals surface area contributed by atoms with Crippen molar-refractivity contribution in [1.82, 2.24) is 0 Å². The summed E-state index contributed by atoms with van der Waals surface area (Å²) in [6.45, 7) is 15.3. The molecule has 0 bridgehead atoms. The molecule has 2 rings (SSSR count). The summed E-state index contributed by atoms with van der Waals surface area (Å²) in [6.07, 6.45) is 0.200. The van der Waals surface area contributed by atoms with Gasteiger partial charge in [0.05, 0.1) is 25.0 Å². The van der Waals surface area contributed by atoms with Crippen LogP contribution in [-0.2, 0) is 9.59 Å². The van der Waals surface area contributed by atoms with Gasteiger partial charge in [0.1, 0.15) is 0 Å². The lowest BCUT2D eigenvalue weighted by Crippen LogP contribution is -2.26. The lowest BCUT2D eigenvalue weighted by atomic mass is 9.92. The van der Waals surface area contributed by atoms with E-state index in [1.54, 1.807) is 45.9 Å². The quantitative estimate of drug-likeness (QED) is 0.340. The molecule has 6 nitrogen and oxygen atoms in total. The first-order valence-electron chi connectivity index (χ1n) is 10.8. The van der Waals surface area contributed by atoms with Crippen LogP contribution in [0.25, 0.3) is 10.8 Å². The molecule has 0 amide bonds. The van der Waals surface area contributed by atoms with Crippen molar-refractivity contribution in [2.24, 2.45) is 10.8 Å². The Morgan fingerprint density at radius 1 is 0.812 bits per heavy atom. The number of ether oxygens (including phenoxy) is 4. The van der Waals surface area contributed by atoms with Gasteiger partial charge in [-0.3, -0.25) is 9.59 Å². The second-order valence-electron chi connectivity index (χ2n) is 9.72. The van der Waals surface area contributed by atoms with Crippen molar-refractivity contribution in [1.29, 1.82) is 0 Å². The van der Waals surface area contributed by atoms with Crippen molar-refractivity contribution in [2.75, 3.05) is 13.2 Å². The summed E-state index contributed by atoms with van der Waals surface area (Å²) in [5.41, 5.74) is -1.01. The molecule has 176 valence electrons. The van der Waals surface area contributed by atoms with E-state index >= 15 is 0 Å². The predicted molar refractivity (Wildman–Crippen MR) is 126 cm³/mol. The van der Waals surface area contributed by atoms with Crippen LogP contribution in [0.2, 0.25) is 5.02 Å². The fourth-order valence-electron chi connectivity index (χ4n) is 2.94. The molecule has 0 fully saturated rings. The summed E-state index contributed by atoms with van der Waals surface area (Å²) in [5.74, 6) is -0.0465. The maximum absolute atomic E-state index is 12.8. The van der Waals surface area contributed by atoms with E-state index in [0.29, 0.717) is 15.8 Å². The highest BCUT2D eigenvalue weighted by atomic mass is 35.5. The monoisotopic (exact) mass is 464 g/mol. The molecule has 2 aromatic carbocycles. The second kappa shape index (κ2) is 9.99. The van der Waals surface area contributed by atoms with Crippen LogP contribution < -0.4 is 18.9 Å². The first kappa shape index (κ1) is 25.8. The second-order valence-corrected chi connectivity index (χ2v) is 10.2. The zero-order valence-electron chi connectivity index (χ0n) is 20.2. The van der Waals surface area contributed by atoms with Crippen molar-refractivity contribution < 1.29 is 28.5 Å². The number of benzene rings is 2. The van der Waals surface area contributed by atoms with E-state index in [-0.39, 0.29) is 48.0 Å². The minimum Gasteiger partial charge on any atom is -0.487 e. The molecular weight excluding hydrogens is 432 g/mol. The Bertz CT molecular complexity index is 998. The van der Waals surface area contributed by atoms with E-state index in [1.807, 2.05) is 27.7 Å². The Labute approximate surface area is 195 Å². The van der Waals surface area contributed by atoms with Crippen LogP contribution in [0.5, 0.6) is 23.0 Å². The highest BCUT2D eigenvalue weighted by Gasteiger charge is 2.31. The molecule has 0 unspecified atom stereocenters. The number of carbonyl (C=O) groups excluding carboxylic acids is 2. The van der Waals surface area contributed by atoms with Gasteiger partial charge in [0.25, 0.3) is 0 Å². The van der Waals surface area contributed by atoms with Crippen molar-refractivity contribution in [3.05, 3.63) is 23.2 Å². The smallest absolute Gasteiger partial charge is 0.316 e. The number of carbonyl (C=O) groups is 2. The van der Waals surface area contributed by atoms with E-state index in [0.717, 1.165) is 0 Å². The third-order valence-electron chi connectivity index (χ3n) is 4.36. The molecule has 0 radical (unpaired) electrons. The zero-order chi connectivity index (χ0) is 24.3. The Morgan fingerprint density at radius 3 is 1.81 bits per heavy atom. The van der Waals surface area contributed by atoms with Crippen LogP contribution in [0.3, 0.4) is 0 Å². The van der Waals surface area contributed by atoms with Crippen LogP contribution in [0, 0.1) is 10.8 Å². The number of hydrogen-bond acceptors (Lipinski definition) is 6. The summed E-state index contributed by atoms with van der Waals surface area (Å²) in [4.78, 5) is 25.5. The average Bonchev–Trinajstić information content (AvgIpc) is 2.64. The normalized spacial score (nSPS) is 11.9. The van der Waals surface area contributed by atoms with Gasteiger partial charge < -0.3 is 18.9 Å². The van der Waals surface area contributed by atoms with Crippen LogP contribution in [0.15, 0.2) is 18.2 Å². The molecule has 0 aliphatic heterocycles. The van der Waals surface area contributed by atoms with Crippen LogP contribution in [0.1, 0.15) is 61.8 Å². The van der Waals surface area contributed by atoms with Crippen molar-refractivity contribution in [3.8, 4) is 23.0 Å². The molecule has 0 saturated heterocycles. The number of fused-ring (bicyclic) bond motifs is 1. The van der Waals surface area contributed by atoms with Gasteiger partial charge in [0.2, 0.25) is 11.5 Å². The maximum Gasteiger partial charge on any atom is 0.316 e. The molecule has 2 aromatic rings. The highest BCUT2D eigenvalue weighted by Crippen LogP contribution is 2.52. The fourth-order valence-corrected chi connectivity index (χ4v) is 3.11. The molecule has 32 heavy (non-hydrogen) atoms. The van der Waals surface area contributed by atoms with Crippen LogP contribution in [-0.4, -0.2) is 25.2 Å². The average molecular weight is 465 g/mol. The molecule has 0 N–H and O–H groups in total. The van der Waals surface area contributed by atoms with E-state index < -0.39 is 17.4 Å². The highest BCUT2D eigenvalue weighted by molar-refractivity contribution is 6.31. The molecule has 0 spiro atoms. The fraction of sp³-hybridized carbons (Fsp3) is 0.520. The zero-order valence-corrected chi connectivity index (χ0v) is 20.9. The van der Waals surface area contributed by atoms with Crippen LogP contribution in [0.4, 0.5) is 0 Å². The first-order chi connectivity index (χ1) is 14.8. The number of rotatable bonds is 7. The topological polar surface area (TPSA) is 71.1 Å². The van der Waals surface area contributed by atoms with Gasteiger partial charge in [-0.25, -0.2) is 0 Å². The Balaban J connectivity index is 2.83. The minimum atomic E-state index is -0.744. The Kier molecular flexibility index (Phi) is 8.05. The number of halogens is 1. The summed E-state index contributed by atoms with van der Waals surface area (Å²) in [7, 11) is 0. The standard InChI is InChI=1S/C25H33ClO6/c1-9-29-21-19(32-23(28)25(6,7)8)16-12-11-15(26)13-17(16)20(22(21)30-10-2)31-18(27)14-24(3,4)5/h11-13H,9-10,14H2,1-8H3. The molecule has 0 atom stereocenters. The van der Waals surface area contributed by atoms with Gasteiger partial charge in [0.15, 0.2) is 11.5 Å². The van der Waals surface area contributed by atoms with Gasteiger partial charge in [-0.1, -0.05) is 32.4 Å². The maximum atomic E-state index is 12.8. The molecule has 7 heteroatoms. The SMILES string of the molecule is CCOc1c(OCC)c(OC(=O)C(C)(C)C)c2ccc(Cl)cc2c1OC(=O)CC(C)(C)C. The van der Waals surface area contributed by atoms with E-state index in [9.17, 15) is 9.59 Å². The Hall–Kier alpha value is -2.47.